The number of hydrogen-bond donors (Lipinski definition) is 2. The lowest BCUT2D eigenvalue weighted by Gasteiger charge is -2.03. The van der Waals surface area contributed by atoms with E-state index < -0.39 is 11.8 Å². The molecule has 0 saturated carbocycles. The third-order valence-electron chi connectivity index (χ3n) is 3.32. The van der Waals surface area contributed by atoms with Crippen LogP contribution in [-0.4, -0.2) is 26.5 Å². The summed E-state index contributed by atoms with van der Waals surface area (Å²) in [5.74, 6) is -3.43. The van der Waals surface area contributed by atoms with Gasteiger partial charge >= 0.3 is 5.97 Å². The third-order valence-corrected chi connectivity index (χ3v) is 3.32. The number of aryl methyl sites for hydroxylation is 2. The minimum absolute atomic E-state index is 0.262. The molecule has 0 saturated heterocycles. The lowest BCUT2D eigenvalue weighted by molar-refractivity contribution is -0.146. The molecule has 23 heavy (non-hydrogen) atoms. The average Bonchev–Trinajstić information content (AvgIpc) is 2.98. The predicted octanol–water partition coefficient (Wildman–Crippen LogP) is 2.81. The Balaban J connectivity index is 1.90. The number of carbonyl (C=O) groups is 2. The molecule has 120 valence electrons. The van der Waals surface area contributed by atoms with Gasteiger partial charge in [0.2, 0.25) is 0 Å². The van der Waals surface area contributed by atoms with Crippen molar-refractivity contribution in [1.29, 1.82) is 0 Å². The van der Waals surface area contributed by atoms with Crippen molar-refractivity contribution < 1.29 is 24.2 Å². The van der Waals surface area contributed by atoms with Gasteiger partial charge in [0.25, 0.3) is 5.78 Å². The molecule has 5 nitrogen and oxygen atoms in total. The summed E-state index contributed by atoms with van der Waals surface area (Å²) in [5.41, 5.74) is 1.41. The molecule has 0 fully saturated rings. The number of halogens is 1. The summed E-state index contributed by atoms with van der Waals surface area (Å²) in [6.07, 6.45) is 5.65. The summed E-state index contributed by atoms with van der Waals surface area (Å²) in [4.78, 5) is 21.5. The average molecular weight is 317 g/mol. The van der Waals surface area contributed by atoms with E-state index in [1.165, 1.54) is 12.1 Å². The molecular formula is C17H16FNO4. The van der Waals surface area contributed by atoms with Crippen molar-refractivity contribution in [2.24, 2.45) is 0 Å². The highest BCUT2D eigenvalue weighted by Gasteiger charge is 2.11. The Labute approximate surface area is 132 Å². The molecule has 6 heteroatoms. The summed E-state index contributed by atoms with van der Waals surface area (Å²) in [6.45, 7) is 0.678. The molecule has 0 radical (unpaired) electrons. The van der Waals surface area contributed by atoms with E-state index in [0.29, 0.717) is 18.2 Å². The number of nitrogens with zero attached hydrogens (tertiary/aromatic N) is 1. The monoisotopic (exact) mass is 317 g/mol. The number of rotatable bonds is 7. The standard InChI is InChI=1S/C17H16FNO4/c18-14-5-3-12(4-6-14)2-1-8-19-9-7-13(11-19)15(20)10-16(21)17(22)23/h3-7,9-11,20H,1-2,8H2,(H,22,23)/b15-10-. The van der Waals surface area contributed by atoms with Crippen molar-refractivity contribution >= 4 is 17.5 Å². The van der Waals surface area contributed by atoms with Crippen molar-refractivity contribution in [3.05, 3.63) is 65.7 Å². The summed E-state index contributed by atoms with van der Waals surface area (Å²) in [5, 5.41) is 18.2. The van der Waals surface area contributed by atoms with Gasteiger partial charge in [-0.25, -0.2) is 9.18 Å². The Morgan fingerprint density at radius 1 is 1.13 bits per heavy atom. The zero-order valence-corrected chi connectivity index (χ0v) is 12.3. The van der Waals surface area contributed by atoms with Crippen LogP contribution in [0.4, 0.5) is 4.39 Å². The van der Waals surface area contributed by atoms with Gasteiger partial charge in [-0.15, -0.1) is 0 Å². The molecular weight excluding hydrogens is 301 g/mol. The second-order valence-electron chi connectivity index (χ2n) is 5.07. The van der Waals surface area contributed by atoms with Gasteiger partial charge < -0.3 is 14.8 Å². The number of aromatic nitrogens is 1. The molecule has 0 aliphatic rings. The molecule has 2 N–H and O–H groups in total. The highest BCUT2D eigenvalue weighted by atomic mass is 19.1. The SMILES string of the molecule is O=C(O)C(=O)/C=C(\O)c1ccn(CCCc2ccc(F)cc2)c1. The molecule has 1 aromatic heterocycles. The third kappa shape index (κ3) is 4.81. The van der Waals surface area contributed by atoms with Gasteiger partial charge in [-0.3, -0.25) is 4.79 Å². The zero-order chi connectivity index (χ0) is 16.8. The molecule has 0 bridgehead atoms. The van der Waals surface area contributed by atoms with Crippen LogP contribution in [-0.2, 0) is 22.6 Å². The fraction of sp³-hybridized carbons (Fsp3) is 0.176. The van der Waals surface area contributed by atoms with E-state index in [9.17, 15) is 19.1 Å². The van der Waals surface area contributed by atoms with E-state index in [0.717, 1.165) is 18.4 Å². The Hall–Kier alpha value is -2.89. The van der Waals surface area contributed by atoms with Crippen LogP contribution in [0.1, 0.15) is 17.5 Å². The van der Waals surface area contributed by atoms with Crippen LogP contribution >= 0.6 is 0 Å². The molecule has 1 aromatic carbocycles. The van der Waals surface area contributed by atoms with E-state index in [4.69, 9.17) is 5.11 Å². The van der Waals surface area contributed by atoms with Crippen LogP contribution in [0.25, 0.3) is 5.76 Å². The highest BCUT2D eigenvalue weighted by molar-refractivity contribution is 6.38. The van der Waals surface area contributed by atoms with Crippen LogP contribution in [0.15, 0.2) is 48.8 Å². The van der Waals surface area contributed by atoms with E-state index in [1.807, 2.05) is 4.57 Å². The Kier molecular flexibility index (Phi) is 5.30. The van der Waals surface area contributed by atoms with Crippen molar-refractivity contribution in [3.63, 3.8) is 0 Å². The second kappa shape index (κ2) is 7.40. The molecule has 0 aliphatic carbocycles. The molecule has 0 unspecified atom stereocenters. The predicted molar refractivity (Wildman–Crippen MR) is 82.4 cm³/mol. The van der Waals surface area contributed by atoms with Crippen LogP contribution < -0.4 is 0 Å². The minimum atomic E-state index is -1.62. The van der Waals surface area contributed by atoms with Gasteiger partial charge in [0.15, 0.2) is 0 Å². The van der Waals surface area contributed by atoms with Crippen molar-refractivity contribution in [3.8, 4) is 0 Å². The molecule has 2 rings (SSSR count). The van der Waals surface area contributed by atoms with Crippen LogP contribution in [0.2, 0.25) is 0 Å². The lowest BCUT2D eigenvalue weighted by atomic mass is 10.1. The van der Waals surface area contributed by atoms with E-state index in [2.05, 4.69) is 0 Å². The first-order chi connectivity index (χ1) is 11.0. The minimum Gasteiger partial charge on any atom is -0.507 e. The second-order valence-corrected chi connectivity index (χ2v) is 5.07. The quantitative estimate of drug-likeness (QED) is 0.467. The van der Waals surface area contributed by atoms with Gasteiger partial charge in [0.05, 0.1) is 0 Å². The summed E-state index contributed by atoms with van der Waals surface area (Å²) >= 11 is 0. The fourth-order valence-corrected chi connectivity index (χ4v) is 2.12. The molecule has 0 atom stereocenters. The van der Waals surface area contributed by atoms with Crippen molar-refractivity contribution in [1.82, 2.24) is 4.57 Å². The number of ketones is 1. The lowest BCUT2D eigenvalue weighted by Crippen LogP contribution is -2.09. The number of carbonyl (C=O) groups excluding carboxylic acids is 1. The number of aliphatic hydroxyl groups excluding tert-OH is 1. The number of carboxylic acid groups (broad SMARTS) is 1. The summed E-state index contributed by atoms with van der Waals surface area (Å²) in [6, 6.07) is 7.92. The molecule has 2 aromatic rings. The van der Waals surface area contributed by atoms with E-state index in [1.54, 1.807) is 30.6 Å². The number of benzene rings is 1. The Morgan fingerprint density at radius 2 is 1.83 bits per heavy atom. The number of aliphatic carboxylic acids is 1. The van der Waals surface area contributed by atoms with Crippen LogP contribution in [0.3, 0.4) is 0 Å². The van der Waals surface area contributed by atoms with Crippen LogP contribution in [0.5, 0.6) is 0 Å². The number of carboxylic acids is 1. The van der Waals surface area contributed by atoms with E-state index in [-0.39, 0.29) is 11.6 Å². The van der Waals surface area contributed by atoms with Gasteiger partial charge in [-0.05, 0) is 36.6 Å². The Bertz CT molecular complexity index is 731. The van der Waals surface area contributed by atoms with Gasteiger partial charge in [0, 0.05) is 30.6 Å². The summed E-state index contributed by atoms with van der Waals surface area (Å²) < 4.78 is 14.6. The van der Waals surface area contributed by atoms with Crippen molar-refractivity contribution in [2.45, 2.75) is 19.4 Å². The normalized spacial score (nSPS) is 11.4. The number of aliphatic hydroxyl groups is 1. The number of hydrogen-bond acceptors (Lipinski definition) is 3. The summed E-state index contributed by atoms with van der Waals surface area (Å²) in [7, 11) is 0. The first-order valence-electron chi connectivity index (χ1n) is 7.04. The highest BCUT2D eigenvalue weighted by Crippen LogP contribution is 2.13. The van der Waals surface area contributed by atoms with Crippen molar-refractivity contribution in [2.75, 3.05) is 0 Å². The maximum Gasteiger partial charge on any atom is 0.376 e. The molecule has 0 amide bonds. The fourth-order valence-electron chi connectivity index (χ4n) is 2.12. The van der Waals surface area contributed by atoms with Gasteiger partial charge in [-0.1, -0.05) is 12.1 Å². The topological polar surface area (TPSA) is 79.5 Å². The largest absolute Gasteiger partial charge is 0.507 e. The van der Waals surface area contributed by atoms with Gasteiger partial charge in [0.1, 0.15) is 11.6 Å². The Morgan fingerprint density at radius 3 is 2.48 bits per heavy atom. The molecule has 1 heterocycles. The zero-order valence-electron chi connectivity index (χ0n) is 12.3. The van der Waals surface area contributed by atoms with E-state index >= 15 is 0 Å². The molecule has 0 aliphatic heterocycles. The smallest absolute Gasteiger partial charge is 0.376 e. The maximum atomic E-state index is 12.8. The maximum absolute atomic E-state index is 12.8. The first kappa shape index (κ1) is 16.5. The molecule has 0 spiro atoms. The van der Waals surface area contributed by atoms with Gasteiger partial charge in [-0.2, -0.15) is 0 Å². The van der Waals surface area contributed by atoms with Crippen LogP contribution in [0, 0.1) is 5.82 Å². The first-order valence-corrected chi connectivity index (χ1v) is 7.04.